The van der Waals surface area contributed by atoms with Crippen molar-refractivity contribution in [3.05, 3.63) is 65.7 Å². The maximum Gasteiger partial charge on any atom is 0.315 e. The third-order valence-corrected chi connectivity index (χ3v) is 6.61. The highest BCUT2D eigenvalue weighted by Gasteiger charge is 2.25. The van der Waals surface area contributed by atoms with Crippen LogP contribution >= 0.6 is 23.5 Å². The van der Waals surface area contributed by atoms with E-state index in [9.17, 15) is 14.7 Å². The van der Waals surface area contributed by atoms with Crippen molar-refractivity contribution in [2.24, 2.45) is 0 Å². The molecule has 0 radical (unpaired) electrons. The fourth-order valence-electron chi connectivity index (χ4n) is 2.79. The maximum absolute atomic E-state index is 11.5. The van der Waals surface area contributed by atoms with E-state index in [1.807, 2.05) is 54.6 Å². The highest BCUT2D eigenvalue weighted by atomic mass is 32.2. The third kappa shape index (κ3) is 8.85. The molecule has 0 aliphatic rings. The second kappa shape index (κ2) is 14.0. The Morgan fingerprint density at radius 1 is 0.968 bits per heavy atom. The molecule has 168 valence electrons. The van der Waals surface area contributed by atoms with E-state index >= 15 is 0 Å². The molecule has 0 aliphatic heterocycles. The Kier molecular flexibility index (Phi) is 11.3. The van der Waals surface area contributed by atoms with E-state index in [0.717, 1.165) is 11.1 Å². The minimum Gasteiger partial charge on any atom is -0.489 e. The lowest BCUT2D eigenvalue weighted by Gasteiger charge is -2.25. The molecular formula is C23H28O6S2. The molecule has 0 bridgehead atoms. The van der Waals surface area contributed by atoms with Gasteiger partial charge in [0.1, 0.15) is 17.8 Å². The number of benzene rings is 2. The van der Waals surface area contributed by atoms with E-state index in [2.05, 4.69) is 4.74 Å². The number of aliphatic hydroxyl groups excluding tert-OH is 1. The highest BCUT2D eigenvalue weighted by Crippen LogP contribution is 2.36. The Hall–Kier alpha value is -2.16. The molecule has 0 aromatic heterocycles. The van der Waals surface area contributed by atoms with Crippen LogP contribution in [0.15, 0.2) is 54.6 Å². The summed E-state index contributed by atoms with van der Waals surface area (Å²) in [4.78, 5) is 22.9. The molecule has 0 fully saturated rings. The summed E-state index contributed by atoms with van der Waals surface area (Å²) < 4.78 is 15.4. The number of carbonyl (C=O) groups excluding carboxylic acids is 2. The first-order valence-electron chi connectivity index (χ1n) is 9.81. The molecule has 0 spiro atoms. The Morgan fingerprint density at radius 2 is 1.65 bits per heavy atom. The molecule has 0 amide bonds. The van der Waals surface area contributed by atoms with Gasteiger partial charge in [-0.25, -0.2) is 0 Å². The van der Waals surface area contributed by atoms with Crippen molar-refractivity contribution in [1.82, 2.24) is 0 Å². The van der Waals surface area contributed by atoms with Crippen LogP contribution in [0.5, 0.6) is 5.75 Å². The minimum absolute atomic E-state index is 0.194. The summed E-state index contributed by atoms with van der Waals surface area (Å²) in [5.41, 5.74) is 1.12. The SMILES string of the molecule is COC(=O)CCSC(O)C(CSCC(=O)OC)c1ccccc1OCc1ccccc1. The molecule has 0 heterocycles. The normalized spacial score (nSPS) is 12.6. The van der Waals surface area contributed by atoms with Crippen molar-refractivity contribution >= 4 is 35.5 Å². The molecule has 6 nitrogen and oxygen atoms in total. The number of thioether (sulfide) groups is 2. The number of para-hydroxylation sites is 1. The van der Waals surface area contributed by atoms with Gasteiger partial charge in [-0.2, -0.15) is 0 Å². The minimum atomic E-state index is -0.781. The molecule has 8 heteroatoms. The number of carbonyl (C=O) groups is 2. The van der Waals surface area contributed by atoms with Gasteiger partial charge >= 0.3 is 11.9 Å². The van der Waals surface area contributed by atoms with Crippen molar-refractivity contribution in [3.63, 3.8) is 0 Å². The first-order valence-corrected chi connectivity index (χ1v) is 12.0. The van der Waals surface area contributed by atoms with Crippen molar-refractivity contribution in [2.45, 2.75) is 24.4 Å². The first kappa shape index (κ1) is 25.1. The van der Waals surface area contributed by atoms with E-state index in [1.165, 1.54) is 37.7 Å². The molecule has 0 aliphatic carbocycles. The fraction of sp³-hybridized carbons (Fsp3) is 0.391. The van der Waals surface area contributed by atoms with Gasteiger partial charge < -0.3 is 19.3 Å². The second-order valence-corrected chi connectivity index (χ2v) is 8.85. The van der Waals surface area contributed by atoms with E-state index in [0.29, 0.717) is 23.9 Å². The number of esters is 2. The molecule has 2 rings (SSSR count). The van der Waals surface area contributed by atoms with Gasteiger partial charge in [-0.1, -0.05) is 48.5 Å². The lowest BCUT2D eigenvalue weighted by Crippen LogP contribution is -2.20. The number of methoxy groups -OCH3 is 2. The number of hydrogen-bond acceptors (Lipinski definition) is 8. The molecule has 2 unspecified atom stereocenters. The van der Waals surface area contributed by atoms with Crippen molar-refractivity contribution in [3.8, 4) is 5.75 Å². The Labute approximate surface area is 191 Å². The van der Waals surface area contributed by atoms with Gasteiger partial charge in [0.2, 0.25) is 0 Å². The number of rotatable bonds is 13. The average molecular weight is 465 g/mol. The van der Waals surface area contributed by atoms with E-state index in [4.69, 9.17) is 9.47 Å². The third-order valence-electron chi connectivity index (χ3n) is 4.47. The molecule has 2 atom stereocenters. The summed E-state index contributed by atoms with van der Waals surface area (Å²) in [7, 11) is 2.70. The smallest absolute Gasteiger partial charge is 0.315 e. The van der Waals surface area contributed by atoms with Crippen molar-refractivity contribution in [1.29, 1.82) is 0 Å². The summed E-state index contributed by atoms with van der Waals surface area (Å²) in [6.45, 7) is 0.408. The topological polar surface area (TPSA) is 82.1 Å². The van der Waals surface area contributed by atoms with E-state index < -0.39 is 5.44 Å². The zero-order valence-electron chi connectivity index (χ0n) is 17.7. The van der Waals surface area contributed by atoms with Crippen LogP contribution in [0, 0.1) is 0 Å². The molecule has 0 saturated heterocycles. The largest absolute Gasteiger partial charge is 0.489 e. The Bertz CT molecular complexity index is 815. The summed E-state index contributed by atoms with van der Waals surface area (Å²) in [6, 6.07) is 17.4. The molecule has 31 heavy (non-hydrogen) atoms. The van der Waals surface area contributed by atoms with Crippen LogP contribution in [0.2, 0.25) is 0 Å². The first-order chi connectivity index (χ1) is 15.0. The van der Waals surface area contributed by atoms with Crippen LogP contribution in [-0.2, 0) is 25.7 Å². The van der Waals surface area contributed by atoms with Crippen LogP contribution < -0.4 is 4.74 Å². The van der Waals surface area contributed by atoms with Gasteiger partial charge in [0.25, 0.3) is 0 Å². The molecular weight excluding hydrogens is 436 g/mol. The number of ether oxygens (including phenoxy) is 3. The van der Waals surface area contributed by atoms with Gasteiger partial charge in [0.05, 0.1) is 26.4 Å². The maximum atomic E-state index is 11.5. The van der Waals surface area contributed by atoms with E-state index in [-0.39, 0.29) is 30.0 Å². The Balaban J connectivity index is 2.13. The quantitative estimate of drug-likeness (QED) is 0.353. The summed E-state index contributed by atoms with van der Waals surface area (Å²) >= 11 is 2.67. The number of aliphatic hydroxyl groups is 1. The zero-order chi connectivity index (χ0) is 22.5. The molecule has 2 aromatic rings. The predicted molar refractivity (Wildman–Crippen MR) is 124 cm³/mol. The highest BCUT2D eigenvalue weighted by molar-refractivity contribution is 8.00. The number of hydrogen-bond donors (Lipinski definition) is 1. The standard InChI is InChI=1S/C23H28O6S2/c1-27-21(24)12-13-31-23(26)19(15-30-16-22(25)28-2)18-10-6-7-11-20(18)29-14-17-8-4-3-5-9-17/h3-11,19,23,26H,12-16H2,1-2H3. The van der Waals surface area contributed by atoms with E-state index in [1.54, 1.807) is 0 Å². The summed E-state index contributed by atoms with van der Waals surface area (Å²) in [5.74, 6) is 0.867. The zero-order valence-corrected chi connectivity index (χ0v) is 19.3. The average Bonchev–Trinajstić information content (AvgIpc) is 2.81. The van der Waals surface area contributed by atoms with Gasteiger partial charge in [-0.3, -0.25) is 9.59 Å². The Morgan fingerprint density at radius 3 is 2.35 bits per heavy atom. The lowest BCUT2D eigenvalue weighted by molar-refractivity contribution is -0.140. The van der Waals surface area contributed by atoms with Gasteiger partial charge in [0, 0.05) is 23.0 Å². The van der Waals surface area contributed by atoms with Crippen molar-refractivity contribution < 1.29 is 28.9 Å². The molecule has 2 aromatic carbocycles. The monoisotopic (exact) mass is 464 g/mol. The predicted octanol–water partition coefficient (Wildman–Crippen LogP) is 3.87. The van der Waals surface area contributed by atoms with Crippen LogP contribution in [0.1, 0.15) is 23.5 Å². The van der Waals surface area contributed by atoms with Crippen LogP contribution in [0.4, 0.5) is 0 Å². The van der Waals surface area contributed by atoms with Crippen LogP contribution in [0.3, 0.4) is 0 Å². The van der Waals surface area contributed by atoms with Gasteiger partial charge in [-0.05, 0) is 11.6 Å². The molecule has 0 saturated carbocycles. The molecule has 1 N–H and O–H groups in total. The summed E-state index contributed by atoms with van der Waals surface area (Å²) in [6.07, 6.45) is 0.215. The van der Waals surface area contributed by atoms with Gasteiger partial charge in [0.15, 0.2) is 0 Å². The fourth-order valence-corrected chi connectivity index (χ4v) is 4.93. The van der Waals surface area contributed by atoms with Crippen LogP contribution in [0.25, 0.3) is 0 Å². The summed E-state index contributed by atoms with van der Waals surface area (Å²) in [5, 5.41) is 10.9. The van der Waals surface area contributed by atoms with Gasteiger partial charge in [-0.15, -0.1) is 23.5 Å². The van der Waals surface area contributed by atoms with Crippen molar-refractivity contribution in [2.75, 3.05) is 31.5 Å². The second-order valence-electron chi connectivity index (χ2n) is 6.60. The van der Waals surface area contributed by atoms with Crippen LogP contribution in [-0.4, -0.2) is 54.0 Å². The lowest BCUT2D eigenvalue weighted by atomic mass is 10.0.